The molecule has 3 aromatic carbocycles. The van der Waals surface area contributed by atoms with E-state index < -0.39 is 10.0 Å². The Morgan fingerprint density at radius 3 is 2.27 bits per heavy atom. The van der Waals surface area contributed by atoms with E-state index in [1.165, 1.54) is 24.3 Å². The van der Waals surface area contributed by atoms with Gasteiger partial charge in [0.15, 0.2) is 0 Å². The average Bonchev–Trinajstić information content (AvgIpc) is 2.72. The van der Waals surface area contributed by atoms with E-state index in [-0.39, 0.29) is 22.5 Å². The van der Waals surface area contributed by atoms with Crippen LogP contribution in [0.4, 0.5) is 5.69 Å². The lowest BCUT2D eigenvalue weighted by atomic mass is 10.0. The summed E-state index contributed by atoms with van der Waals surface area (Å²) in [6.45, 7) is 3.76. The lowest BCUT2D eigenvalue weighted by Gasteiger charge is -2.20. The predicted molar refractivity (Wildman–Crippen MR) is 120 cm³/mol. The molecular weight excluding hydrogens is 420 g/mol. The molecule has 7 heteroatoms. The smallest absolute Gasteiger partial charge is 0.261 e. The van der Waals surface area contributed by atoms with E-state index in [4.69, 9.17) is 11.6 Å². The average molecular weight is 443 g/mol. The first-order chi connectivity index (χ1) is 14.3. The first kappa shape index (κ1) is 21.9. The van der Waals surface area contributed by atoms with E-state index in [1.54, 1.807) is 25.1 Å². The molecule has 0 radical (unpaired) electrons. The van der Waals surface area contributed by atoms with Crippen LogP contribution in [-0.4, -0.2) is 14.3 Å². The minimum atomic E-state index is -3.88. The Labute approximate surface area is 182 Å². The summed E-state index contributed by atoms with van der Waals surface area (Å²) in [6.07, 6.45) is 0.702. The second-order valence-corrected chi connectivity index (χ2v) is 9.02. The largest absolute Gasteiger partial charge is 0.345 e. The van der Waals surface area contributed by atoms with Gasteiger partial charge >= 0.3 is 0 Å². The molecule has 0 saturated heterocycles. The molecule has 2 N–H and O–H groups in total. The van der Waals surface area contributed by atoms with Crippen molar-refractivity contribution in [3.63, 3.8) is 0 Å². The maximum absolute atomic E-state index is 13.1. The summed E-state index contributed by atoms with van der Waals surface area (Å²) in [4.78, 5) is 13.2. The van der Waals surface area contributed by atoms with Gasteiger partial charge in [0.1, 0.15) is 0 Å². The van der Waals surface area contributed by atoms with Gasteiger partial charge in [-0.15, -0.1) is 0 Å². The maximum atomic E-state index is 13.1. The van der Waals surface area contributed by atoms with E-state index in [1.807, 2.05) is 37.3 Å². The van der Waals surface area contributed by atoms with Crippen LogP contribution in [0.5, 0.6) is 0 Å². The van der Waals surface area contributed by atoms with E-state index in [2.05, 4.69) is 10.0 Å². The number of anilines is 1. The van der Waals surface area contributed by atoms with Crippen molar-refractivity contribution < 1.29 is 13.2 Å². The Kier molecular flexibility index (Phi) is 6.80. The first-order valence-electron chi connectivity index (χ1n) is 9.55. The first-order valence-corrected chi connectivity index (χ1v) is 11.4. The van der Waals surface area contributed by atoms with Gasteiger partial charge in [-0.3, -0.25) is 9.52 Å². The van der Waals surface area contributed by atoms with Crippen molar-refractivity contribution >= 4 is 33.2 Å². The zero-order chi connectivity index (χ0) is 21.7. The molecule has 0 saturated carbocycles. The quantitative estimate of drug-likeness (QED) is 0.519. The molecule has 5 nitrogen and oxygen atoms in total. The van der Waals surface area contributed by atoms with Crippen LogP contribution in [0.15, 0.2) is 77.7 Å². The van der Waals surface area contributed by atoms with E-state index in [9.17, 15) is 13.2 Å². The van der Waals surface area contributed by atoms with Crippen molar-refractivity contribution in [1.29, 1.82) is 0 Å². The van der Waals surface area contributed by atoms with Gasteiger partial charge < -0.3 is 5.32 Å². The zero-order valence-corrected chi connectivity index (χ0v) is 18.3. The molecule has 0 spiro atoms. The van der Waals surface area contributed by atoms with Crippen LogP contribution in [0.1, 0.15) is 40.9 Å². The number of amides is 1. The van der Waals surface area contributed by atoms with Crippen LogP contribution in [-0.2, 0) is 10.0 Å². The molecule has 3 rings (SSSR count). The summed E-state index contributed by atoms with van der Waals surface area (Å²) in [5.41, 5.74) is 2.19. The third kappa shape index (κ3) is 5.01. The number of hydrogen-bond acceptors (Lipinski definition) is 3. The van der Waals surface area contributed by atoms with Gasteiger partial charge in [0.2, 0.25) is 0 Å². The number of rotatable bonds is 7. The Bertz CT molecular complexity index is 1130. The van der Waals surface area contributed by atoms with Crippen LogP contribution in [0.25, 0.3) is 0 Å². The summed E-state index contributed by atoms with van der Waals surface area (Å²) >= 11 is 5.85. The van der Waals surface area contributed by atoms with Gasteiger partial charge in [0.05, 0.1) is 22.2 Å². The van der Waals surface area contributed by atoms with Crippen LogP contribution in [0.2, 0.25) is 5.02 Å². The molecule has 0 aliphatic carbocycles. The van der Waals surface area contributed by atoms with Gasteiger partial charge in [-0.05, 0) is 54.8 Å². The zero-order valence-electron chi connectivity index (χ0n) is 16.7. The van der Waals surface area contributed by atoms with E-state index in [0.29, 0.717) is 22.6 Å². The van der Waals surface area contributed by atoms with Gasteiger partial charge in [-0.25, -0.2) is 8.42 Å². The molecule has 1 unspecified atom stereocenters. The summed E-state index contributed by atoms with van der Waals surface area (Å²) in [7, 11) is -3.88. The molecular formula is C23H23ClN2O3S. The fourth-order valence-electron chi connectivity index (χ4n) is 3.21. The number of halogens is 1. The highest BCUT2D eigenvalue weighted by atomic mass is 35.5. The number of benzene rings is 3. The molecule has 3 aromatic rings. The third-order valence-electron chi connectivity index (χ3n) is 4.78. The topological polar surface area (TPSA) is 75.3 Å². The Balaban J connectivity index is 1.91. The molecule has 0 fully saturated rings. The van der Waals surface area contributed by atoms with Crippen molar-refractivity contribution in [2.75, 3.05) is 4.72 Å². The fraction of sp³-hybridized carbons (Fsp3) is 0.174. The van der Waals surface area contributed by atoms with Crippen molar-refractivity contribution in [2.24, 2.45) is 0 Å². The number of aryl methyl sites for hydroxylation is 1. The van der Waals surface area contributed by atoms with Crippen LogP contribution >= 0.6 is 11.6 Å². The summed E-state index contributed by atoms with van der Waals surface area (Å²) in [6, 6.07) is 20.4. The monoisotopic (exact) mass is 442 g/mol. The molecule has 0 aromatic heterocycles. The fourth-order valence-corrected chi connectivity index (χ4v) is 4.41. The number of carbonyl (C=O) groups excluding carboxylic acids is 1. The standard InChI is InChI=1S/C23H23ClN2O3S/c1-3-20(17-9-5-4-6-10-17)25-23(27)22-16(2)8-7-11-21(22)26-30(28,29)19-14-12-18(24)13-15-19/h4-15,20,26H,3H2,1-2H3,(H,25,27). The number of carbonyl (C=O) groups is 1. The molecule has 156 valence electrons. The maximum Gasteiger partial charge on any atom is 0.261 e. The van der Waals surface area contributed by atoms with Crippen molar-refractivity contribution in [3.05, 3.63) is 94.5 Å². The molecule has 0 aliphatic heterocycles. The Morgan fingerprint density at radius 1 is 0.967 bits per heavy atom. The van der Waals surface area contributed by atoms with Gasteiger partial charge in [0.25, 0.3) is 15.9 Å². The lowest BCUT2D eigenvalue weighted by molar-refractivity contribution is 0.0936. The minimum Gasteiger partial charge on any atom is -0.345 e. The predicted octanol–water partition coefficient (Wildman–Crippen LogP) is 5.33. The molecule has 0 heterocycles. The van der Waals surface area contributed by atoms with E-state index in [0.717, 1.165) is 5.56 Å². The number of hydrogen-bond donors (Lipinski definition) is 2. The Hall–Kier alpha value is -2.83. The molecule has 0 bridgehead atoms. The van der Waals surface area contributed by atoms with Crippen molar-refractivity contribution in [3.8, 4) is 0 Å². The van der Waals surface area contributed by atoms with Crippen molar-refractivity contribution in [1.82, 2.24) is 5.32 Å². The minimum absolute atomic E-state index is 0.0653. The van der Waals surface area contributed by atoms with Crippen LogP contribution in [0.3, 0.4) is 0 Å². The number of sulfonamides is 1. The van der Waals surface area contributed by atoms with E-state index >= 15 is 0 Å². The SMILES string of the molecule is CCC(NC(=O)c1c(C)cccc1NS(=O)(=O)c1ccc(Cl)cc1)c1ccccc1. The lowest BCUT2D eigenvalue weighted by Crippen LogP contribution is -2.30. The summed E-state index contributed by atoms with van der Waals surface area (Å²) in [5, 5.41) is 3.46. The van der Waals surface area contributed by atoms with Crippen LogP contribution < -0.4 is 10.0 Å². The van der Waals surface area contributed by atoms with Gasteiger partial charge in [-0.1, -0.05) is 61.0 Å². The highest BCUT2D eigenvalue weighted by molar-refractivity contribution is 7.92. The Morgan fingerprint density at radius 2 is 1.63 bits per heavy atom. The third-order valence-corrected chi connectivity index (χ3v) is 6.42. The van der Waals surface area contributed by atoms with Crippen LogP contribution in [0, 0.1) is 6.92 Å². The highest BCUT2D eigenvalue weighted by Gasteiger charge is 2.22. The summed E-state index contributed by atoms with van der Waals surface area (Å²) < 4.78 is 28.2. The van der Waals surface area contributed by atoms with Crippen molar-refractivity contribution in [2.45, 2.75) is 31.2 Å². The normalized spacial score (nSPS) is 12.2. The van der Waals surface area contributed by atoms with Gasteiger partial charge in [-0.2, -0.15) is 0 Å². The summed E-state index contributed by atoms with van der Waals surface area (Å²) in [5.74, 6) is -0.336. The number of nitrogens with one attached hydrogen (secondary N) is 2. The second-order valence-electron chi connectivity index (χ2n) is 6.90. The van der Waals surface area contributed by atoms with Gasteiger partial charge in [0, 0.05) is 5.02 Å². The molecule has 30 heavy (non-hydrogen) atoms. The molecule has 1 amide bonds. The molecule has 0 aliphatic rings. The molecule has 1 atom stereocenters. The second kappa shape index (κ2) is 9.32. The highest BCUT2D eigenvalue weighted by Crippen LogP contribution is 2.25.